The maximum absolute atomic E-state index is 12.6. The molecule has 1 fully saturated rings. The number of halogens is 1. The van der Waals surface area contributed by atoms with Crippen LogP contribution < -0.4 is 20.3 Å². The molecule has 1 aliphatic rings. The molecule has 0 bridgehead atoms. The number of hydrogen-bond acceptors (Lipinski definition) is 6. The predicted octanol–water partition coefficient (Wildman–Crippen LogP) is 4.37. The molecule has 2 N–H and O–H groups in total. The second-order valence-electron chi connectivity index (χ2n) is 6.77. The molecule has 1 aliphatic heterocycles. The fraction of sp³-hybridized carbons (Fsp3) is 0.300. The number of nitrogens with one attached hydrogen (secondary N) is 2. The van der Waals surface area contributed by atoms with Crippen LogP contribution in [0, 0.1) is 10.1 Å². The van der Waals surface area contributed by atoms with Crippen LogP contribution in [0.15, 0.2) is 36.4 Å². The predicted molar refractivity (Wildman–Crippen MR) is 121 cm³/mol. The Labute approximate surface area is 184 Å². The molecule has 2 aromatic carbocycles. The number of benzene rings is 2. The highest BCUT2D eigenvalue weighted by Gasteiger charge is 2.23. The Hall–Kier alpha value is -2.91. The van der Waals surface area contributed by atoms with Crippen molar-refractivity contribution in [3.63, 3.8) is 0 Å². The average Bonchev–Trinajstić information content (AvgIpc) is 2.74. The van der Waals surface area contributed by atoms with Gasteiger partial charge >= 0.3 is 0 Å². The van der Waals surface area contributed by atoms with Crippen molar-refractivity contribution in [1.82, 2.24) is 5.32 Å². The number of thiocarbonyl (C=S) groups is 1. The van der Waals surface area contributed by atoms with E-state index in [-0.39, 0.29) is 16.4 Å². The van der Waals surface area contributed by atoms with Gasteiger partial charge in [0.1, 0.15) is 11.4 Å². The van der Waals surface area contributed by atoms with Crippen molar-refractivity contribution in [2.24, 2.45) is 0 Å². The third-order valence-corrected chi connectivity index (χ3v) is 5.27. The Morgan fingerprint density at radius 1 is 1.20 bits per heavy atom. The summed E-state index contributed by atoms with van der Waals surface area (Å²) in [6.45, 7) is 1.54. The van der Waals surface area contributed by atoms with Gasteiger partial charge < -0.3 is 15.0 Å². The molecule has 30 heavy (non-hydrogen) atoms. The number of carbonyl (C=O) groups is 1. The number of rotatable bonds is 5. The first-order valence-electron chi connectivity index (χ1n) is 9.38. The van der Waals surface area contributed by atoms with Gasteiger partial charge in [-0.05, 0) is 61.8 Å². The number of nitrogens with zero attached hydrogens (tertiary/aromatic N) is 2. The van der Waals surface area contributed by atoms with Crippen molar-refractivity contribution < 1.29 is 14.5 Å². The summed E-state index contributed by atoms with van der Waals surface area (Å²) in [5.41, 5.74) is 1.16. The molecule has 1 amide bonds. The van der Waals surface area contributed by atoms with E-state index in [0.29, 0.717) is 22.1 Å². The van der Waals surface area contributed by atoms with Gasteiger partial charge in [-0.2, -0.15) is 0 Å². The Morgan fingerprint density at radius 3 is 2.57 bits per heavy atom. The zero-order valence-electron chi connectivity index (χ0n) is 16.3. The number of methoxy groups -OCH3 is 1. The van der Waals surface area contributed by atoms with Crippen molar-refractivity contribution in [3.05, 3.63) is 57.1 Å². The van der Waals surface area contributed by atoms with Crippen LogP contribution in [0.25, 0.3) is 0 Å². The van der Waals surface area contributed by atoms with Crippen LogP contribution in [0.3, 0.4) is 0 Å². The normalized spacial score (nSPS) is 13.5. The van der Waals surface area contributed by atoms with Gasteiger partial charge in [-0.15, -0.1) is 0 Å². The van der Waals surface area contributed by atoms with Crippen LogP contribution >= 0.6 is 23.8 Å². The molecule has 0 atom stereocenters. The lowest BCUT2D eigenvalue weighted by molar-refractivity contribution is -0.384. The van der Waals surface area contributed by atoms with Gasteiger partial charge in [0.05, 0.1) is 17.1 Å². The number of piperidine rings is 1. The summed E-state index contributed by atoms with van der Waals surface area (Å²) in [6, 6.07) is 9.44. The lowest BCUT2D eigenvalue weighted by Gasteiger charge is -2.28. The number of amides is 1. The largest absolute Gasteiger partial charge is 0.495 e. The van der Waals surface area contributed by atoms with Gasteiger partial charge in [0, 0.05) is 30.4 Å². The number of ether oxygens (including phenoxy) is 1. The first-order chi connectivity index (χ1) is 14.4. The molecular formula is C20H21ClN4O4S. The lowest BCUT2D eigenvalue weighted by Crippen LogP contribution is -2.34. The molecule has 0 spiro atoms. The van der Waals surface area contributed by atoms with E-state index in [2.05, 4.69) is 10.6 Å². The average molecular weight is 449 g/mol. The lowest BCUT2D eigenvalue weighted by atomic mass is 10.1. The van der Waals surface area contributed by atoms with Crippen LogP contribution in [0.5, 0.6) is 5.75 Å². The van der Waals surface area contributed by atoms with E-state index in [0.717, 1.165) is 32.4 Å². The minimum Gasteiger partial charge on any atom is -0.495 e. The molecular weight excluding hydrogens is 428 g/mol. The molecule has 0 aromatic heterocycles. The molecule has 3 rings (SSSR count). The summed E-state index contributed by atoms with van der Waals surface area (Å²) in [7, 11) is 1.51. The SMILES string of the molecule is COc1ccc(NC(=S)NC(=O)c2ccc(N3CCCCC3)c([N+](=O)[O-])c2)cc1Cl. The molecule has 158 valence electrons. The van der Waals surface area contributed by atoms with Gasteiger partial charge in [-0.3, -0.25) is 20.2 Å². The van der Waals surface area contributed by atoms with Crippen molar-refractivity contribution in [3.8, 4) is 5.75 Å². The Bertz CT molecular complexity index is 979. The fourth-order valence-corrected chi connectivity index (χ4v) is 3.76. The number of anilines is 2. The molecule has 0 saturated carbocycles. The zero-order valence-corrected chi connectivity index (χ0v) is 17.9. The van der Waals surface area contributed by atoms with E-state index in [1.807, 2.05) is 4.90 Å². The summed E-state index contributed by atoms with van der Waals surface area (Å²) < 4.78 is 5.09. The maximum atomic E-state index is 12.6. The minimum atomic E-state index is -0.541. The number of carbonyl (C=O) groups excluding carboxylic acids is 1. The smallest absolute Gasteiger partial charge is 0.293 e. The molecule has 0 unspecified atom stereocenters. The fourth-order valence-electron chi connectivity index (χ4n) is 3.29. The summed E-state index contributed by atoms with van der Waals surface area (Å²) in [5, 5.41) is 17.4. The van der Waals surface area contributed by atoms with Crippen LogP contribution in [0.4, 0.5) is 17.1 Å². The van der Waals surface area contributed by atoms with Crippen LogP contribution in [0.1, 0.15) is 29.6 Å². The van der Waals surface area contributed by atoms with E-state index >= 15 is 0 Å². The second-order valence-corrected chi connectivity index (χ2v) is 7.58. The van der Waals surface area contributed by atoms with Gasteiger partial charge in [-0.25, -0.2) is 0 Å². The molecule has 1 saturated heterocycles. The van der Waals surface area contributed by atoms with E-state index in [9.17, 15) is 14.9 Å². The monoisotopic (exact) mass is 448 g/mol. The first-order valence-corrected chi connectivity index (χ1v) is 10.2. The zero-order chi connectivity index (χ0) is 21.7. The molecule has 1 heterocycles. The van der Waals surface area contributed by atoms with E-state index in [1.54, 1.807) is 30.3 Å². The van der Waals surface area contributed by atoms with E-state index < -0.39 is 10.8 Å². The van der Waals surface area contributed by atoms with Gasteiger partial charge in [0.15, 0.2) is 5.11 Å². The van der Waals surface area contributed by atoms with Gasteiger partial charge in [0.2, 0.25) is 0 Å². The number of nitro benzene ring substituents is 1. The van der Waals surface area contributed by atoms with Gasteiger partial charge in [0.25, 0.3) is 11.6 Å². The maximum Gasteiger partial charge on any atom is 0.293 e. The summed E-state index contributed by atoms with van der Waals surface area (Å²) >= 11 is 11.2. The third kappa shape index (κ3) is 5.17. The summed E-state index contributed by atoms with van der Waals surface area (Å²) in [5.74, 6) is -0.0290. The van der Waals surface area contributed by atoms with Crippen LogP contribution in [-0.4, -0.2) is 36.1 Å². The first kappa shape index (κ1) is 21.8. The highest BCUT2D eigenvalue weighted by molar-refractivity contribution is 7.80. The third-order valence-electron chi connectivity index (χ3n) is 4.77. The van der Waals surface area contributed by atoms with E-state index in [1.165, 1.54) is 13.2 Å². The number of hydrogen-bond donors (Lipinski definition) is 2. The van der Waals surface area contributed by atoms with Crippen molar-refractivity contribution in [1.29, 1.82) is 0 Å². The summed E-state index contributed by atoms with van der Waals surface area (Å²) in [4.78, 5) is 25.7. The minimum absolute atomic E-state index is 0.0454. The highest BCUT2D eigenvalue weighted by atomic mass is 35.5. The van der Waals surface area contributed by atoms with Crippen molar-refractivity contribution in [2.45, 2.75) is 19.3 Å². The van der Waals surface area contributed by atoms with Gasteiger partial charge in [-0.1, -0.05) is 11.6 Å². The highest BCUT2D eigenvalue weighted by Crippen LogP contribution is 2.31. The molecule has 0 aliphatic carbocycles. The Balaban J connectivity index is 1.71. The topological polar surface area (TPSA) is 96.7 Å². The van der Waals surface area contributed by atoms with Crippen molar-refractivity contribution in [2.75, 3.05) is 30.4 Å². The van der Waals surface area contributed by atoms with Crippen LogP contribution in [0.2, 0.25) is 5.02 Å². The molecule has 8 nitrogen and oxygen atoms in total. The standard InChI is InChI=1S/C20H21ClN4O4S/c1-29-18-8-6-14(12-15(18)21)22-20(30)23-19(26)13-5-7-16(17(11-13)25(27)28)24-9-3-2-4-10-24/h5-8,11-12H,2-4,9-10H2,1H3,(H2,22,23,26,30). The second kappa shape index (κ2) is 9.73. The molecule has 10 heteroatoms. The van der Waals surface area contributed by atoms with Crippen LogP contribution in [-0.2, 0) is 0 Å². The van der Waals surface area contributed by atoms with Crippen molar-refractivity contribution >= 4 is 51.9 Å². The molecule has 0 radical (unpaired) electrons. The van der Waals surface area contributed by atoms with E-state index in [4.69, 9.17) is 28.6 Å². The Morgan fingerprint density at radius 2 is 1.93 bits per heavy atom. The Kier molecular flexibility index (Phi) is 7.07. The summed E-state index contributed by atoms with van der Waals surface area (Å²) in [6.07, 6.45) is 3.11. The molecule has 2 aromatic rings. The quantitative estimate of drug-likeness (QED) is 0.398. The number of nitro groups is 1.